The zero-order valence-electron chi connectivity index (χ0n) is 8.25. The summed E-state index contributed by atoms with van der Waals surface area (Å²) in [6.45, 7) is 0. The number of aliphatic hydroxyl groups excluding tert-OH is 1. The molecular weight excluding hydrogens is 441 g/mol. The second kappa shape index (κ2) is 5.52. The van der Waals surface area contributed by atoms with Crippen LogP contribution in [0.5, 0.6) is 0 Å². The van der Waals surface area contributed by atoms with Crippen molar-refractivity contribution in [2.45, 2.75) is 6.10 Å². The standard InChI is InChI=1S/C11H6BrClFIOS/c12-11-7(13)4-9(17-11)10(16)6-2-1-5(14)3-8(6)15/h1-4,10,16H. The van der Waals surface area contributed by atoms with E-state index in [9.17, 15) is 9.50 Å². The summed E-state index contributed by atoms with van der Waals surface area (Å²) in [6.07, 6.45) is -0.781. The number of hydrogen-bond acceptors (Lipinski definition) is 2. The first-order valence-corrected chi connectivity index (χ1v) is 7.63. The molecule has 2 aromatic rings. The van der Waals surface area contributed by atoms with Gasteiger partial charge in [-0.05, 0) is 62.3 Å². The molecule has 1 heterocycles. The molecule has 1 aromatic heterocycles. The number of aliphatic hydroxyl groups is 1. The second-order valence-corrected chi connectivity index (χ2v) is 7.31. The van der Waals surface area contributed by atoms with Crippen LogP contribution in [-0.2, 0) is 0 Å². The van der Waals surface area contributed by atoms with Gasteiger partial charge in [-0.2, -0.15) is 0 Å². The lowest BCUT2D eigenvalue weighted by molar-refractivity contribution is 0.223. The van der Waals surface area contributed by atoms with E-state index in [-0.39, 0.29) is 5.82 Å². The summed E-state index contributed by atoms with van der Waals surface area (Å²) < 4.78 is 14.4. The molecule has 0 aliphatic heterocycles. The Morgan fingerprint density at radius 2 is 2.12 bits per heavy atom. The molecular formula is C11H6BrClFIOS. The molecule has 1 unspecified atom stereocenters. The summed E-state index contributed by atoms with van der Waals surface area (Å²) >= 11 is 12.6. The van der Waals surface area contributed by atoms with Gasteiger partial charge in [-0.15, -0.1) is 11.3 Å². The molecule has 17 heavy (non-hydrogen) atoms. The second-order valence-electron chi connectivity index (χ2n) is 3.34. The normalized spacial score (nSPS) is 12.8. The third-order valence-corrected chi connectivity index (χ3v) is 5.65. The Morgan fingerprint density at radius 1 is 1.41 bits per heavy atom. The maximum absolute atomic E-state index is 13.0. The van der Waals surface area contributed by atoms with E-state index in [1.54, 1.807) is 12.1 Å². The van der Waals surface area contributed by atoms with Gasteiger partial charge in [-0.3, -0.25) is 0 Å². The van der Waals surface area contributed by atoms with Gasteiger partial charge in [-0.1, -0.05) is 17.7 Å². The summed E-state index contributed by atoms with van der Waals surface area (Å²) in [5.74, 6) is -0.309. The molecule has 0 saturated carbocycles. The molecule has 0 radical (unpaired) electrons. The van der Waals surface area contributed by atoms with Crippen LogP contribution in [0.25, 0.3) is 0 Å². The summed E-state index contributed by atoms with van der Waals surface area (Å²) in [4.78, 5) is 0.728. The monoisotopic (exact) mass is 446 g/mol. The lowest BCUT2D eigenvalue weighted by Crippen LogP contribution is -2.00. The first-order valence-electron chi connectivity index (χ1n) is 4.57. The molecule has 1 nitrogen and oxygen atoms in total. The highest BCUT2D eigenvalue weighted by Gasteiger charge is 2.17. The summed E-state index contributed by atoms with van der Waals surface area (Å²) in [5.41, 5.74) is 0.678. The van der Waals surface area contributed by atoms with Crippen molar-refractivity contribution in [3.63, 3.8) is 0 Å². The van der Waals surface area contributed by atoms with Gasteiger partial charge in [0.05, 0.1) is 8.81 Å². The Bertz CT molecular complexity index is 541. The Hall–Kier alpha value is 0.310. The average Bonchev–Trinajstić information content (AvgIpc) is 2.58. The smallest absolute Gasteiger partial charge is 0.124 e. The molecule has 0 amide bonds. The van der Waals surface area contributed by atoms with Crippen LogP contribution in [0.1, 0.15) is 16.5 Å². The maximum atomic E-state index is 13.0. The van der Waals surface area contributed by atoms with Crippen LogP contribution in [0.3, 0.4) is 0 Å². The molecule has 0 aliphatic carbocycles. The fourth-order valence-electron chi connectivity index (χ4n) is 1.37. The van der Waals surface area contributed by atoms with Crippen molar-refractivity contribution in [3.8, 4) is 0 Å². The largest absolute Gasteiger partial charge is 0.383 e. The Balaban J connectivity index is 2.39. The summed E-state index contributed by atoms with van der Waals surface area (Å²) in [5, 5.41) is 10.8. The van der Waals surface area contributed by atoms with Crippen molar-refractivity contribution < 1.29 is 9.50 Å². The highest BCUT2D eigenvalue weighted by molar-refractivity contribution is 14.1. The SMILES string of the molecule is OC(c1cc(Cl)c(Br)s1)c1ccc(F)cc1I. The van der Waals surface area contributed by atoms with Crippen molar-refractivity contribution in [2.75, 3.05) is 0 Å². The van der Waals surface area contributed by atoms with E-state index < -0.39 is 6.10 Å². The van der Waals surface area contributed by atoms with Crippen LogP contribution in [0.4, 0.5) is 4.39 Å². The predicted molar refractivity (Wildman–Crippen MR) is 80.2 cm³/mol. The molecule has 1 atom stereocenters. The lowest BCUT2D eigenvalue weighted by Gasteiger charge is -2.10. The van der Waals surface area contributed by atoms with Gasteiger partial charge in [0.25, 0.3) is 0 Å². The zero-order valence-corrected chi connectivity index (χ0v) is 13.6. The van der Waals surface area contributed by atoms with E-state index in [1.165, 1.54) is 23.5 Å². The highest BCUT2D eigenvalue weighted by atomic mass is 127. The van der Waals surface area contributed by atoms with Crippen molar-refractivity contribution >= 4 is 61.5 Å². The van der Waals surface area contributed by atoms with E-state index in [0.717, 1.165) is 8.66 Å². The molecule has 90 valence electrons. The third-order valence-electron chi connectivity index (χ3n) is 2.19. The third kappa shape index (κ3) is 3.01. The Kier molecular flexibility index (Phi) is 4.46. The maximum Gasteiger partial charge on any atom is 0.124 e. The van der Waals surface area contributed by atoms with Crippen LogP contribution in [-0.4, -0.2) is 5.11 Å². The van der Waals surface area contributed by atoms with Crippen LogP contribution in [0.2, 0.25) is 5.02 Å². The number of rotatable bonds is 2. The topological polar surface area (TPSA) is 20.2 Å². The van der Waals surface area contributed by atoms with Gasteiger partial charge in [0, 0.05) is 8.45 Å². The summed E-state index contributed by atoms with van der Waals surface area (Å²) in [6, 6.07) is 6.03. The molecule has 0 aliphatic rings. The molecule has 2 rings (SSSR count). The van der Waals surface area contributed by atoms with Crippen molar-refractivity contribution in [2.24, 2.45) is 0 Å². The lowest BCUT2D eigenvalue weighted by atomic mass is 10.1. The molecule has 0 spiro atoms. The minimum atomic E-state index is -0.781. The van der Waals surface area contributed by atoms with Crippen molar-refractivity contribution in [1.82, 2.24) is 0 Å². The summed E-state index contributed by atoms with van der Waals surface area (Å²) in [7, 11) is 0. The minimum absolute atomic E-state index is 0.309. The quantitative estimate of drug-likeness (QED) is 0.644. The molecule has 0 saturated heterocycles. The van der Waals surface area contributed by atoms with Gasteiger partial charge < -0.3 is 5.11 Å². The van der Waals surface area contributed by atoms with E-state index in [4.69, 9.17) is 11.6 Å². The number of hydrogen-bond donors (Lipinski definition) is 1. The van der Waals surface area contributed by atoms with E-state index in [2.05, 4.69) is 15.9 Å². The van der Waals surface area contributed by atoms with Gasteiger partial charge in [-0.25, -0.2) is 4.39 Å². The average molecular weight is 447 g/mol. The Labute approximate surface area is 129 Å². The first-order chi connectivity index (χ1) is 7.99. The van der Waals surface area contributed by atoms with Gasteiger partial charge >= 0.3 is 0 Å². The molecule has 6 heteroatoms. The van der Waals surface area contributed by atoms with Crippen molar-refractivity contribution in [1.29, 1.82) is 0 Å². The zero-order chi connectivity index (χ0) is 12.6. The number of thiophene rings is 1. The van der Waals surface area contributed by atoms with Gasteiger partial charge in [0.15, 0.2) is 0 Å². The molecule has 0 fully saturated rings. The van der Waals surface area contributed by atoms with Crippen LogP contribution in [0, 0.1) is 9.39 Å². The number of halogens is 4. The van der Waals surface area contributed by atoms with Crippen molar-refractivity contribution in [3.05, 3.63) is 52.9 Å². The molecule has 1 aromatic carbocycles. The van der Waals surface area contributed by atoms with Crippen LogP contribution in [0.15, 0.2) is 28.1 Å². The first kappa shape index (κ1) is 13.7. The van der Waals surface area contributed by atoms with Gasteiger partial charge in [0.1, 0.15) is 11.9 Å². The van der Waals surface area contributed by atoms with Crippen LogP contribution >= 0.6 is 61.5 Å². The van der Waals surface area contributed by atoms with E-state index in [1.807, 2.05) is 22.6 Å². The Morgan fingerprint density at radius 3 is 2.65 bits per heavy atom. The van der Waals surface area contributed by atoms with Gasteiger partial charge in [0.2, 0.25) is 0 Å². The predicted octanol–water partition coefficient (Wildman–Crippen LogP) is 4.99. The number of benzene rings is 1. The molecule has 1 N–H and O–H groups in total. The van der Waals surface area contributed by atoms with Crippen LogP contribution < -0.4 is 0 Å². The van der Waals surface area contributed by atoms with E-state index in [0.29, 0.717) is 14.2 Å². The molecule has 0 bridgehead atoms. The fourth-order valence-corrected chi connectivity index (χ4v) is 3.90. The fraction of sp³-hybridized carbons (Fsp3) is 0.0909. The van der Waals surface area contributed by atoms with E-state index >= 15 is 0 Å². The minimum Gasteiger partial charge on any atom is -0.383 e. The highest BCUT2D eigenvalue weighted by Crippen LogP contribution is 2.38.